The Bertz CT molecular complexity index is 3250. The summed E-state index contributed by atoms with van der Waals surface area (Å²) in [6.45, 7) is 13.3. The minimum Gasteiger partial charge on any atom is -0.391 e. The predicted molar refractivity (Wildman–Crippen MR) is 392 cm³/mol. The number of primary amides is 2. The van der Waals surface area contributed by atoms with Gasteiger partial charge < -0.3 is 93.8 Å². The maximum Gasteiger partial charge on any atom is 0.246 e. The van der Waals surface area contributed by atoms with Crippen LogP contribution in [0.3, 0.4) is 0 Å². The Morgan fingerprint density at radius 1 is 0.411 bits per heavy atom. The number of likely N-dealkylation sites (tertiary alicyclic amines) is 7. The summed E-state index contributed by atoms with van der Waals surface area (Å²) in [6.07, 6.45) is 7.59. The van der Waals surface area contributed by atoms with Crippen molar-refractivity contribution in [3.8, 4) is 0 Å². The lowest BCUT2D eigenvalue weighted by Gasteiger charge is -2.35. The van der Waals surface area contributed by atoms with Gasteiger partial charge in [-0.3, -0.25) is 76.7 Å². The highest BCUT2D eigenvalue weighted by Crippen LogP contribution is 2.31. The van der Waals surface area contributed by atoms with Crippen molar-refractivity contribution < 1.29 is 81.8 Å². The number of nitrogens with zero attached hydrogens (tertiary/aromatic N) is 7. The van der Waals surface area contributed by atoms with Gasteiger partial charge in [-0.15, -0.1) is 0 Å². The summed E-state index contributed by atoms with van der Waals surface area (Å²) in [4.78, 5) is 232. The van der Waals surface area contributed by atoms with Crippen LogP contribution in [0.15, 0.2) is 0 Å². The number of aliphatic hydroxyl groups excluding tert-OH is 1. The summed E-state index contributed by atoms with van der Waals surface area (Å²) in [5, 5.41) is 30.0. The lowest BCUT2D eigenvalue weighted by atomic mass is 10.0. The molecule has 0 unspecified atom stereocenters. The van der Waals surface area contributed by atoms with Crippen LogP contribution in [0.5, 0.6) is 0 Å². The lowest BCUT2D eigenvalue weighted by molar-refractivity contribution is -0.150. The standard InChI is InChI=1S/C72H117N17O17S/c1-40(2)39-47(68(102)88-36-17-24-53(88)70(104)86-34-15-22-51(86)63(97)81-57(41(3)4)72(106)89-37-18-25-54(89)71(105)85-33-14-20-49(85)62(96)78-45(59(75)93)27-28-55(74)91)80-60(94)42(5)77-61(95)48-19-13-32-84(48)69(103)52-23-16-35-87(52)67(101)46(29-38-107-8)79-65(99)58(44(7)90)82-64(98)50-21-12-31-83(50)66(100)43(6)76-56(92)26-10-9-11-30-73/h40-54,57-58,90H,9-39,73H2,1-8H3,(H2,74,91)(H2,75,93)(H,76,92)(H,77,95)(H,78,96)(H,79,99)(H,80,94)(H,81,97)(H,82,98)/t42-,43-,44+,45-,46-,47-,48-,49-,50-,51-,52-,53-,54-,57-,58-/m0/s1. The van der Waals surface area contributed by atoms with Crippen LogP contribution in [-0.2, 0) is 76.7 Å². The van der Waals surface area contributed by atoms with Crippen LogP contribution in [0, 0.1) is 11.8 Å². The number of carbonyl (C=O) groups is 16. The quantitative estimate of drug-likeness (QED) is 0.0288. The molecule has 0 bridgehead atoms. The van der Waals surface area contributed by atoms with Gasteiger partial charge >= 0.3 is 0 Å². The van der Waals surface area contributed by atoms with Crippen LogP contribution in [0.2, 0.25) is 0 Å². The fraction of sp³-hybridized carbons (Fsp3) is 0.778. The number of nitrogens with one attached hydrogen (secondary N) is 7. The third-order valence-electron chi connectivity index (χ3n) is 21.6. The lowest BCUT2D eigenvalue weighted by Crippen LogP contribution is -2.61. The van der Waals surface area contributed by atoms with Gasteiger partial charge in [-0.2, -0.15) is 11.8 Å². The van der Waals surface area contributed by atoms with Crippen molar-refractivity contribution in [2.45, 2.75) is 280 Å². The zero-order valence-corrected chi connectivity index (χ0v) is 64.3. The van der Waals surface area contributed by atoms with E-state index in [1.807, 2.05) is 20.1 Å². The summed E-state index contributed by atoms with van der Waals surface area (Å²) in [7, 11) is 0. The van der Waals surface area contributed by atoms with E-state index in [1.54, 1.807) is 13.8 Å². The second-order valence-corrected chi connectivity index (χ2v) is 31.4. The Balaban J connectivity index is 0.933. The number of carbonyl (C=O) groups excluding carboxylic acids is 16. The molecule has 7 aliphatic heterocycles. The zero-order valence-electron chi connectivity index (χ0n) is 63.5. The topological polar surface area (TPSA) is 478 Å². The molecule has 7 heterocycles. The van der Waals surface area contributed by atoms with Crippen molar-refractivity contribution in [1.29, 1.82) is 0 Å². The first kappa shape index (κ1) is 86.0. The van der Waals surface area contributed by atoms with E-state index in [0.29, 0.717) is 70.1 Å². The van der Waals surface area contributed by atoms with Crippen molar-refractivity contribution in [2.24, 2.45) is 29.0 Å². The summed E-state index contributed by atoms with van der Waals surface area (Å²) in [5.41, 5.74) is 16.3. The third-order valence-corrected chi connectivity index (χ3v) is 22.2. The van der Waals surface area contributed by atoms with Crippen molar-refractivity contribution in [2.75, 3.05) is 64.4 Å². The average molecular weight is 1520 g/mol. The first-order chi connectivity index (χ1) is 50.8. The maximum absolute atomic E-state index is 14.8. The molecule has 35 heteroatoms. The molecule has 107 heavy (non-hydrogen) atoms. The molecule has 0 aromatic rings. The maximum atomic E-state index is 14.8. The van der Waals surface area contributed by atoms with E-state index < -0.39 is 185 Å². The molecule has 7 aliphatic rings. The summed E-state index contributed by atoms with van der Waals surface area (Å²) >= 11 is 1.41. The normalized spacial score (nSPS) is 23.7. The van der Waals surface area contributed by atoms with Gasteiger partial charge in [0.05, 0.1) is 6.10 Å². The minimum absolute atomic E-state index is 0.114. The molecule has 7 fully saturated rings. The Morgan fingerprint density at radius 3 is 1.24 bits per heavy atom. The average Bonchev–Trinajstić information content (AvgIpc) is 1.65. The highest BCUT2D eigenvalue weighted by Gasteiger charge is 2.50. The highest BCUT2D eigenvalue weighted by molar-refractivity contribution is 7.98. The molecule has 0 aromatic heterocycles. The summed E-state index contributed by atoms with van der Waals surface area (Å²) in [5.74, 6) is -9.81. The SMILES string of the molecule is CSCC[C@H](NC(=O)[C@@H](NC(=O)[C@@H]1CCCN1C(=O)[C@H](C)NC(=O)CCCCCN)[C@@H](C)O)C(=O)N1CCC[C@H]1C(=O)N1CCC[C@H]1C(=O)N[C@@H](C)C(=O)N[C@@H](CC(C)C)C(=O)N1CCC[C@H]1C(=O)N1CCC[C@H]1C(=O)N[C@H](C(=O)N1CCC[C@H]1C(=O)N1CCC[C@H]1C(=O)N[C@@H](CCC(N)=O)C(N)=O)C(C)C. The van der Waals surface area contributed by atoms with Crippen LogP contribution in [0.1, 0.15) is 190 Å². The largest absolute Gasteiger partial charge is 0.391 e. The molecule has 7 saturated heterocycles. The van der Waals surface area contributed by atoms with E-state index >= 15 is 0 Å². The number of hydrogen-bond donors (Lipinski definition) is 11. The first-order valence-corrected chi connectivity index (χ1v) is 39.9. The van der Waals surface area contributed by atoms with Crippen LogP contribution < -0.4 is 54.4 Å². The van der Waals surface area contributed by atoms with Gasteiger partial charge in [0.15, 0.2) is 0 Å². The van der Waals surface area contributed by atoms with E-state index in [9.17, 15) is 81.8 Å². The van der Waals surface area contributed by atoms with E-state index in [0.717, 1.165) is 12.8 Å². The van der Waals surface area contributed by atoms with Crippen molar-refractivity contribution in [1.82, 2.24) is 71.5 Å². The van der Waals surface area contributed by atoms with Crippen LogP contribution in [-0.4, -0.2) is 289 Å². The van der Waals surface area contributed by atoms with Crippen LogP contribution >= 0.6 is 11.8 Å². The fourth-order valence-corrected chi connectivity index (χ4v) is 16.3. The molecule has 14 N–H and O–H groups in total. The summed E-state index contributed by atoms with van der Waals surface area (Å²) < 4.78 is 0. The Morgan fingerprint density at radius 2 is 0.813 bits per heavy atom. The van der Waals surface area contributed by atoms with Crippen molar-refractivity contribution in [3.05, 3.63) is 0 Å². The first-order valence-electron chi connectivity index (χ1n) is 38.5. The number of amides is 16. The van der Waals surface area contributed by atoms with Gasteiger partial charge in [0.1, 0.15) is 84.6 Å². The van der Waals surface area contributed by atoms with Gasteiger partial charge in [0.25, 0.3) is 0 Å². The van der Waals surface area contributed by atoms with Crippen LogP contribution in [0.25, 0.3) is 0 Å². The molecule has 0 saturated carbocycles. The Hall–Kier alpha value is -8.21. The second kappa shape index (κ2) is 40.3. The van der Waals surface area contributed by atoms with E-state index in [-0.39, 0.29) is 128 Å². The molecule has 0 radical (unpaired) electrons. The molecule has 0 spiro atoms. The smallest absolute Gasteiger partial charge is 0.246 e. The molecule has 15 atom stereocenters. The zero-order chi connectivity index (χ0) is 78.7. The number of rotatable bonds is 36. The molecular weight excluding hydrogens is 1410 g/mol. The number of hydrogen-bond acceptors (Lipinski definition) is 19. The Kier molecular flexibility index (Phi) is 32.4. The van der Waals surface area contributed by atoms with Crippen molar-refractivity contribution >= 4 is 106 Å². The number of aliphatic hydroxyl groups is 1. The second-order valence-electron chi connectivity index (χ2n) is 30.4. The number of unbranched alkanes of at least 4 members (excludes halogenated alkanes) is 2. The molecule has 0 aliphatic carbocycles. The molecule has 7 rings (SSSR count). The summed E-state index contributed by atoms with van der Waals surface area (Å²) in [6, 6.07) is -15.4. The number of thioether (sulfide) groups is 1. The Labute approximate surface area is 630 Å². The highest BCUT2D eigenvalue weighted by atomic mass is 32.2. The molecule has 0 aromatic carbocycles. The van der Waals surface area contributed by atoms with E-state index in [1.165, 1.54) is 66.8 Å². The molecule has 34 nitrogen and oxygen atoms in total. The molecule has 598 valence electrons. The minimum atomic E-state index is -1.56. The van der Waals surface area contributed by atoms with Crippen molar-refractivity contribution in [3.63, 3.8) is 0 Å². The van der Waals surface area contributed by atoms with Gasteiger partial charge in [-0.25, -0.2) is 0 Å². The van der Waals surface area contributed by atoms with E-state index in [4.69, 9.17) is 17.2 Å². The monoisotopic (exact) mass is 1520 g/mol. The number of nitrogens with two attached hydrogens (primary N) is 3. The predicted octanol–water partition coefficient (Wildman–Crippen LogP) is -2.54. The molecule has 16 amide bonds. The van der Waals surface area contributed by atoms with Crippen LogP contribution in [0.4, 0.5) is 0 Å². The molecular formula is C72H117N17O17S. The van der Waals surface area contributed by atoms with Gasteiger partial charge in [-0.05, 0) is 173 Å². The van der Waals surface area contributed by atoms with Gasteiger partial charge in [-0.1, -0.05) is 34.1 Å². The van der Waals surface area contributed by atoms with Gasteiger partial charge in [0.2, 0.25) is 94.5 Å². The fourth-order valence-electron chi connectivity index (χ4n) is 15.8. The van der Waals surface area contributed by atoms with E-state index in [2.05, 4.69) is 37.2 Å². The third kappa shape index (κ3) is 22.3. The van der Waals surface area contributed by atoms with Gasteiger partial charge in [0, 0.05) is 58.7 Å².